The van der Waals surface area contributed by atoms with Crippen LogP contribution < -0.4 is 4.74 Å². The van der Waals surface area contributed by atoms with Gasteiger partial charge in [-0.05, 0) is 68.7 Å². The van der Waals surface area contributed by atoms with E-state index in [9.17, 15) is 4.79 Å². The number of nitrogens with zero attached hydrogens (tertiary/aromatic N) is 3. The molecule has 0 fully saturated rings. The van der Waals surface area contributed by atoms with E-state index in [-0.39, 0.29) is 11.9 Å². The van der Waals surface area contributed by atoms with Crippen molar-refractivity contribution in [2.24, 2.45) is 0 Å². The Hall–Kier alpha value is -2.95. The van der Waals surface area contributed by atoms with Crippen LogP contribution in [0, 0.1) is 13.8 Å². The smallest absolute Gasteiger partial charge is 0.254 e. The molecule has 1 aliphatic heterocycles. The summed E-state index contributed by atoms with van der Waals surface area (Å²) < 4.78 is 5.36. The van der Waals surface area contributed by atoms with Gasteiger partial charge in [-0.3, -0.25) is 4.79 Å². The lowest BCUT2D eigenvalue weighted by Gasteiger charge is -2.35. The summed E-state index contributed by atoms with van der Waals surface area (Å²) in [5.41, 5.74) is 6.46. The Kier molecular flexibility index (Phi) is 4.30. The molecule has 5 heteroatoms. The number of rotatable bonds is 2. The summed E-state index contributed by atoms with van der Waals surface area (Å²) in [6, 6.07) is 11.7. The molecule has 1 amide bonds. The van der Waals surface area contributed by atoms with Crippen LogP contribution in [0.25, 0.3) is 11.0 Å². The monoisotopic (exact) mass is 361 g/mol. The molecule has 0 spiro atoms. The summed E-state index contributed by atoms with van der Waals surface area (Å²) in [6.07, 6.45) is 0.848. The number of fused-ring (bicyclic) bond motifs is 2. The van der Waals surface area contributed by atoms with Crippen LogP contribution in [-0.2, 0) is 6.42 Å². The number of aromatic nitrogens is 2. The minimum Gasteiger partial charge on any atom is -0.497 e. The number of carbonyl (C=O) groups is 1. The van der Waals surface area contributed by atoms with Crippen molar-refractivity contribution in [3.63, 3.8) is 0 Å². The van der Waals surface area contributed by atoms with Crippen molar-refractivity contribution in [3.05, 3.63) is 64.5 Å². The van der Waals surface area contributed by atoms with Crippen LogP contribution in [0.3, 0.4) is 0 Å². The molecular weight excluding hydrogens is 338 g/mol. The van der Waals surface area contributed by atoms with E-state index in [4.69, 9.17) is 4.74 Å². The molecule has 0 N–H and O–H groups in total. The first kappa shape index (κ1) is 17.5. The molecule has 2 aromatic carbocycles. The predicted molar refractivity (Wildman–Crippen MR) is 105 cm³/mol. The second kappa shape index (κ2) is 6.65. The summed E-state index contributed by atoms with van der Waals surface area (Å²) in [6.45, 7) is 6.66. The van der Waals surface area contributed by atoms with Gasteiger partial charge in [0.25, 0.3) is 5.91 Å². The van der Waals surface area contributed by atoms with E-state index >= 15 is 0 Å². The van der Waals surface area contributed by atoms with Gasteiger partial charge in [-0.1, -0.05) is 6.07 Å². The average Bonchev–Trinajstić information content (AvgIpc) is 2.68. The first-order chi connectivity index (χ1) is 13.0. The Balaban J connectivity index is 1.68. The molecule has 0 saturated carbocycles. The predicted octanol–water partition coefficient (Wildman–Crippen LogP) is 4.01. The average molecular weight is 361 g/mol. The highest BCUT2D eigenvalue weighted by molar-refractivity contribution is 5.97. The van der Waals surface area contributed by atoms with Gasteiger partial charge in [0.15, 0.2) is 0 Å². The van der Waals surface area contributed by atoms with Crippen molar-refractivity contribution in [2.45, 2.75) is 33.2 Å². The third-order valence-corrected chi connectivity index (χ3v) is 5.48. The second-order valence-corrected chi connectivity index (χ2v) is 7.09. The lowest BCUT2D eigenvalue weighted by Crippen LogP contribution is -2.38. The van der Waals surface area contributed by atoms with Crippen molar-refractivity contribution in [2.75, 3.05) is 13.7 Å². The molecule has 5 nitrogen and oxygen atoms in total. The Morgan fingerprint density at radius 2 is 1.81 bits per heavy atom. The zero-order chi connectivity index (χ0) is 19.1. The topological polar surface area (TPSA) is 55.3 Å². The molecular formula is C22H23N3O2. The maximum atomic E-state index is 13.2. The Bertz CT molecular complexity index is 1050. The van der Waals surface area contributed by atoms with Crippen LogP contribution in [0.5, 0.6) is 5.75 Å². The van der Waals surface area contributed by atoms with E-state index in [1.807, 2.05) is 49.1 Å². The fourth-order valence-electron chi connectivity index (χ4n) is 3.73. The largest absolute Gasteiger partial charge is 0.497 e. The number of methoxy groups -OCH3 is 1. The summed E-state index contributed by atoms with van der Waals surface area (Å²) in [4.78, 5) is 24.3. The van der Waals surface area contributed by atoms with E-state index in [2.05, 4.69) is 23.0 Å². The maximum Gasteiger partial charge on any atom is 0.254 e. The lowest BCUT2D eigenvalue weighted by molar-refractivity contribution is 0.0677. The number of benzene rings is 2. The molecule has 1 aromatic heterocycles. The SMILES string of the molecule is COc1ccc2c(c1)C(C)N(C(=O)c1ccc3nc(C)c(C)nc3c1)CC2. The van der Waals surface area contributed by atoms with Gasteiger partial charge in [0.05, 0.1) is 35.6 Å². The fraction of sp³-hybridized carbons (Fsp3) is 0.318. The van der Waals surface area contributed by atoms with Crippen LogP contribution in [0.2, 0.25) is 0 Å². The Labute approximate surface area is 159 Å². The number of amides is 1. The lowest BCUT2D eigenvalue weighted by atomic mass is 9.92. The normalized spacial score (nSPS) is 16.3. The summed E-state index contributed by atoms with van der Waals surface area (Å²) in [5.74, 6) is 0.847. The third-order valence-electron chi connectivity index (χ3n) is 5.48. The molecule has 4 rings (SSSR count). The molecule has 0 aliphatic carbocycles. The van der Waals surface area contributed by atoms with Gasteiger partial charge >= 0.3 is 0 Å². The van der Waals surface area contributed by atoms with Crippen molar-refractivity contribution in [3.8, 4) is 5.75 Å². The maximum absolute atomic E-state index is 13.2. The van der Waals surface area contributed by atoms with Crippen LogP contribution in [0.15, 0.2) is 36.4 Å². The van der Waals surface area contributed by atoms with Crippen molar-refractivity contribution in [1.82, 2.24) is 14.9 Å². The minimum atomic E-state index is -0.00196. The van der Waals surface area contributed by atoms with Crippen LogP contribution in [0.1, 0.15) is 45.8 Å². The van der Waals surface area contributed by atoms with Gasteiger partial charge < -0.3 is 9.64 Å². The Morgan fingerprint density at radius 1 is 1.07 bits per heavy atom. The molecule has 138 valence electrons. The minimum absolute atomic E-state index is 0.00196. The number of aryl methyl sites for hydroxylation is 2. The second-order valence-electron chi connectivity index (χ2n) is 7.09. The molecule has 0 bridgehead atoms. The van der Waals surface area contributed by atoms with E-state index in [0.717, 1.165) is 40.2 Å². The molecule has 0 saturated heterocycles. The highest BCUT2D eigenvalue weighted by atomic mass is 16.5. The molecule has 1 atom stereocenters. The molecule has 2 heterocycles. The standard InChI is InChI=1S/C22H23N3O2/c1-13-14(2)24-21-11-17(6-8-20(21)23-13)22(26)25-10-9-16-5-7-18(27-4)12-19(16)15(25)3/h5-8,11-12,15H,9-10H2,1-4H3. The quantitative estimate of drug-likeness (QED) is 0.692. The summed E-state index contributed by atoms with van der Waals surface area (Å²) in [5, 5.41) is 0. The van der Waals surface area contributed by atoms with Gasteiger partial charge in [-0.2, -0.15) is 0 Å². The summed E-state index contributed by atoms with van der Waals surface area (Å²) >= 11 is 0. The highest BCUT2D eigenvalue weighted by Gasteiger charge is 2.28. The zero-order valence-corrected chi connectivity index (χ0v) is 16.1. The zero-order valence-electron chi connectivity index (χ0n) is 16.1. The van der Waals surface area contributed by atoms with Gasteiger partial charge in [-0.15, -0.1) is 0 Å². The van der Waals surface area contributed by atoms with Gasteiger partial charge in [-0.25, -0.2) is 9.97 Å². The van der Waals surface area contributed by atoms with Crippen molar-refractivity contribution in [1.29, 1.82) is 0 Å². The van der Waals surface area contributed by atoms with Crippen LogP contribution >= 0.6 is 0 Å². The molecule has 0 radical (unpaired) electrons. The number of hydrogen-bond donors (Lipinski definition) is 0. The van der Waals surface area contributed by atoms with E-state index < -0.39 is 0 Å². The molecule has 27 heavy (non-hydrogen) atoms. The first-order valence-corrected chi connectivity index (χ1v) is 9.20. The fourth-order valence-corrected chi connectivity index (χ4v) is 3.73. The number of hydrogen-bond acceptors (Lipinski definition) is 4. The molecule has 1 aliphatic rings. The van der Waals surface area contributed by atoms with Crippen molar-refractivity contribution < 1.29 is 9.53 Å². The van der Waals surface area contributed by atoms with Gasteiger partial charge in [0.1, 0.15) is 5.75 Å². The van der Waals surface area contributed by atoms with Crippen LogP contribution in [-0.4, -0.2) is 34.4 Å². The first-order valence-electron chi connectivity index (χ1n) is 9.20. The van der Waals surface area contributed by atoms with E-state index in [0.29, 0.717) is 12.1 Å². The number of carbonyl (C=O) groups excluding carboxylic acids is 1. The van der Waals surface area contributed by atoms with E-state index in [1.54, 1.807) is 7.11 Å². The van der Waals surface area contributed by atoms with Gasteiger partial charge in [0.2, 0.25) is 0 Å². The third kappa shape index (κ3) is 3.03. The highest BCUT2D eigenvalue weighted by Crippen LogP contribution is 2.33. The van der Waals surface area contributed by atoms with Gasteiger partial charge in [0, 0.05) is 12.1 Å². The molecule has 3 aromatic rings. The Morgan fingerprint density at radius 3 is 2.56 bits per heavy atom. The number of ether oxygens (including phenoxy) is 1. The summed E-state index contributed by atoms with van der Waals surface area (Å²) in [7, 11) is 1.66. The van der Waals surface area contributed by atoms with E-state index in [1.165, 1.54) is 5.56 Å². The van der Waals surface area contributed by atoms with Crippen molar-refractivity contribution >= 4 is 16.9 Å². The molecule has 1 unspecified atom stereocenters. The van der Waals surface area contributed by atoms with Crippen LogP contribution in [0.4, 0.5) is 0 Å².